The van der Waals surface area contributed by atoms with Gasteiger partial charge in [-0.15, -0.1) is 11.3 Å². The molecule has 2 aromatic heterocycles. The second-order valence-corrected chi connectivity index (χ2v) is 9.16. The Morgan fingerprint density at radius 1 is 1.16 bits per heavy atom. The van der Waals surface area contributed by atoms with E-state index in [2.05, 4.69) is 14.9 Å². The van der Waals surface area contributed by atoms with E-state index in [1.165, 1.54) is 11.3 Å². The van der Waals surface area contributed by atoms with Crippen LogP contribution < -0.4 is 4.72 Å². The maximum absolute atomic E-state index is 12.7. The van der Waals surface area contributed by atoms with Crippen molar-refractivity contribution in [1.29, 1.82) is 0 Å². The smallest absolute Gasteiger partial charge is 0.241 e. The summed E-state index contributed by atoms with van der Waals surface area (Å²) in [4.78, 5) is 1.93. The van der Waals surface area contributed by atoms with E-state index < -0.39 is 10.0 Å². The number of hydrogen-bond acceptors (Lipinski definition) is 4. The summed E-state index contributed by atoms with van der Waals surface area (Å²) >= 11 is 1.44. The summed E-state index contributed by atoms with van der Waals surface area (Å²) in [6, 6.07) is 9.51. The van der Waals surface area contributed by atoms with E-state index >= 15 is 0 Å². The number of nitrogens with zero attached hydrogens (tertiary/aromatic N) is 1. The van der Waals surface area contributed by atoms with Crippen LogP contribution in [-0.4, -0.2) is 18.6 Å². The molecule has 2 N–H and O–H groups in total. The molecule has 0 fully saturated rings. The molecular formula is C18H21N3O2S2. The third-order valence-electron chi connectivity index (χ3n) is 4.20. The van der Waals surface area contributed by atoms with E-state index in [1.807, 2.05) is 52.0 Å². The SMILES string of the molecule is Cc1cccc(CNS(=O)(=O)c2cc(-c3n[nH]c(C)c3C)sc2C)c1. The first-order chi connectivity index (χ1) is 11.8. The minimum atomic E-state index is -3.57. The summed E-state index contributed by atoms with van der Waals surface area (Å²) in [5.74, 6) is 0. The highest BCUT2D eigenvalue weighted by molar-refractivity contribution is 7.89. The Balaban J connectivity index is 1.86. The minimum absolute atomic E-state index is 0.273. The lowest BCUT2D eigenvalue weighted by Crippen LogP contribution is -2.23. The predicted octanol–water partition coefficient (Wildman–Crippen LogP) is 3.85. The van der Waals surface area contributed by atoms with Gasteiger partial charge in [-0.25, -0.2) is 13.1 Å². The molecule has 0 saturated heterocycles. The summed E-state index contributed by atoms with van der Waals surface area (Å²) in [6.07, 6.45) is 0. The molecular weight excluding hydrogens is 354 g/mol. The second-order valence-electron chi connectivity index (χ2n) is 6.17. The first-order valence-corrected chi connectivity index (χ1v) is 10.3. The highest BCUT2D eigenvalue weighted by Crippen LogP contribution is 2.34. The molecule has 5 nitrogen and oxygen atoms in total. The highest BCUT2D eigenvalue weighted by Gasteiger charge is 2.22. The van der Waals surface area contributed by atoms with Gasteiger partial charge in [-0.2, -0.15) is 5.10 Å². The molecule has 1 aromatic carbocycles. The van der Waals surface area contributed by atoms with Crippen molar-refractivity contribution in [3.63, 3.8) is 0 Å². The Kier molecular flexibility index (Phi) is 4.81. The number of aromatic amines is 1. The largest absolute Gasteiger partial charge is 0.282 e. The molecule has 0 aliphatic carbocycles. The van der Waals surface area contributed by atoms with Crippen LogP contribution in [-0.2, 0) is 16.6 Å². The van der Waals surface area contributed by atoms with Gasteiger partial charge in [0.2, 0.25) is 10.0 Å². The molecule has 0 amide bonds. The normalized spacial score (nSPS) is 11.8. The molecule has 7 heteroatoms. The van der Waals surface area contributed by atoms with Crippen molar-refractivity contribution >= 4 is 21.4 Å². The quantitative estimate of drug-likeness (QED) is 0.711. The standard InChI is InChI=1S/C18H21N3O2S2/c1-11-6-5-7-15(8-11)10-19-25(22,23)17-9-16(24-14(17)4)18-12(2)13(3)20-21-18/h5-9,19H,10H2,1-4H3,(H,20,21). The molecule has 3 aromatic rings. The van der Waals surface area contributed by atoms with Crippen LogP contribution in [0, 0.1) is 27.7 Å². The first kappa shape index (κ1) is 17.8. The fourth-order valence-electron chi connectivity index (χ4n) is 2.65. The molecule has 0 radical (unpaired) electrons. The van der Waals surface area contributed by atoms with Crippen molar-refractivity contribution in [2.24, 2.45) is 0 Å². The van der Waals surface area contributed by atoms with Gasteiger partial charge in [-0.1, -0.05) is 29.8 Å². The number of rotatable bonds is 5. The second kappa shape index (κ2) is 6.74. The van der Waals surface area contributed by atoms with Gasteiger partial charge in [-0.05, 0) is 44.9 Å². The lowest BCUT2D eigenvalue weighted by Gasteiger charge is -2.07. The van der Waals surface area contributed by atoms with Gasteiger partial charge in [0.15, 0.2) is 0 Å². The minimum Gasteiger partial charge on any atom is -0.282 e. The molecule has 0 aliphatic rings. The summed E-state index contributed by atoms with van der Waals surface area (Å²) in [7, 11) is -3.57. The Morgan fingerprint density at radius 3 is 2.56 bits per heavy atom. The summed E-state index contributed by atoms with van der Waals surface area (Å²) < 4.78 is 28.1. The number of aryl methyl sites for hydroxylation is 3. The molecule has 0 atom stereocenters. The maximum Gasteiger partial charge on any atom is 0.241 e. The molecule has 0 aliphatic heterocycles. The zero-order valence-corrected chi connectivity index (χ0v) is 16.3. The average Bonchev–Trinajstić information content (AvgIpc) is 3.10. The van der Waals surface area contributed by atoms with Crippen molar-refractivity contribution in [2.75, 3.05) is 0 Å². The predicted molar refractivity (Wildman–Crippen MR) is 101 cm³/mol. The Bertz CT molecular complexity index is 1020. The molecule has 3 rings (SSSR count). The molecule has 25 heavy (non-hydrogen) atoms. The van der Waals surface area contributed by atoms with Gasteiger partial charge in [0.05, 0.1) is 9.77 Å². The van der Waals surface area contributed by atoms with Crippen molar-refractivity contribution in [3.05, 3.63) is 57.6 Å². The lowest BCUT2D eigenvalue weighted by atomic mass is 10.1. The highest BCUT2D eigenvalue weighted by atomic mass is 32.2. The van der Waals surface area contributed by atoms with Gasteiger partial charge in [-0.3, -0.25) is 5.10 Å². The molecule has 0 bridgehead atoms. The topological polar surface area (TPSA) is 74.8 Å². The monoisotopic (exact) mass is 375 g/mol. The van der Waals surface area contributed by atoms with Crippen molar-refractivity contribution in [2.45, 2.75) is 39.1 Å². The maximum atomic E-state index is 12.7. The van der Waals surface area contributed by atoms with Crippen molar-refractivity contribution in [3.8, 4) is 10.6 Å². The number of nitrogens with one attached hydrogen (secondary N) is 2. The number of sulfonamides is 1. The number of benzene rings is 1. The molecule has 0 saturated carbocycles. The van der Waals surface area contributed by atoms with Crippen LogP contribution in [0.1, 0.15) is 27.3 Å². The van der Waals surface area contributed by atoms with E-state index in [-0.39, 0.29) is 6.54 Å². The van der Waals surface area contributed by atoms with Crippen LogP contribution in [0.25, 0.3) is 10.6 Å². The van der Waals surface area contributed by atoms with Crippen molar-refractivity contribution < 1.29 is 8.42 Å². The number of H-pyrrole nitrogens is 1. The number of thiophene rings is 1. The molecule has 0 unspecified atom stereocenters. The van der Waals surface area contributed by atoms with Crippen LogP contribution in [0.4, 0.5) is 0 Å². The summed E-state index contributed by atoms with van der Waals surface area (Å²) in [5, 5.41) is 7.24. The fourth-order valence-corrected chi connectivity index (χ4v) is 5.31. The molecule has 132 valence electrons. The Labute approximate surface area is 152 Å². The van der Waals surface area contributed by atoms with Gasteiger partial charge < -0.3 is 0 Å². The van der Waals surface area contributed by atoms with E-state index in [4.69, 9.17) is 0 Å². The third-order valence-corrected chi connectivity index (χ3v) is 6.91. The fraction of sp³-hybridized carbons (Fsp3) is 0.278. The van der Waals surface area contributed by atoms with Gasteiger partial charge in [0.25, 0.3) is 0 Å². The van der Waals surface area contributed by atoms with Gasteiger partial charge in [0, 0.05) is 17.1 Å². The Hall–Kier alpha value is -1.96. The number of hydrogen-bond donors (Lipinski definition) is 2. The van der Waals surface area contributed by atoms with Crippen LogP contribution >= 0.6 is 11.3 Å². The first-order valence-electron chi connectivity index (χ1n) is 7.95. The lowest BCUT2D eigenvalue weighted by molar-refractivity contribution is 0.581. The molecule has 0 spiro atoms. The van der Waals surface area contributed by atoms with E-state index in [0.29, 0.717) is 4.90 Å². The van der Waals surface area contributed by atoms with Gasteiger partial charge in [0.1, 0.15) is 5.69 Å². The van der Waals surface area contributed by atoms with Crippen LogP contribution in [0.5, 0.6) is 0 Å². The summed E-state index contributed by atoms with van der Waals surface area (Å²) in [5.41, 5.74) is 4.89. The van der Waals surface area contributed by atoms with Crippen LogP contribution in [0.3, 0.4) is 0 Å². The Morgan fingerprint density at radius 2 is 1.92 bits per heavy atom. The van der Waals surface area contributed by atoms with Crippen LogP contribution in [0.15, 0.2) is 35.2 Å². The van der Waals surface area contributed by atoms with E-state index in [1.54, 1.807) is 6.07 Å². The van der Waals surface area contributed by atoms with E-state index in [0.717, 1.165) is 37.8 Å². The summed E-state index contributed by atoms with van der Waals surface area (Å²) in [6.45, 7) is 8.02. The zero-order chi connectivity index (χ0) is 18.2. The average molecular weight is 376 g/mol. The zero-order valence-electron chi connectivity index (χ0n) is 14.7. The third kappa shape index (κ3) is 3.68. The molecule has 2 heterocycles. The number of aromatic nitrogens is 2. The van der Waals surface area contributed by atoms with Crippen molar-refractivity contribution in [1.82, 2.24) is 14.9 Å². The van der Waals surface area contributed by atoms with Crippen LogP contribution in [0.2, 0.25) is 0 Å². The van der Waals surface area contributed by atoms with E-state index in [9.17, 15) is 8.42 Å². The van der Waals surface area contributed by atoms with Gasteiger partial charge >= 0.3 is 0 Å².